The fourth-order valence-corrected chi connectivity index (χ4v) is 3.22. The molecule has 2 aromatic rings. The van der Waals surface area contributed by atoms with Gasteiger partial charge in [-0.3, -0.25) is 4.79 Å². The lowest BCUT2D eigenvalue weighted by atomic mass is 10.1. The molecule has 1 saturated heterocycles. The largest absolute Gasteiger partial charge is 0.347 e. The van der Waals surface area contributed by atoms with Gasteiger partial charge in [-0.05, 0) is 31.5 Å². The monoisotopic (exact) mass is 305 g/mol. The number of rotatable bonds is 3. The molecule has 0 radical (unpaired) electrons. The second-order valence-corrected chi connectivity index (χ2v) is 6.06. The minimum absolute atomic E-state index is 0.135. The number of thiazole rings is 1. The number of halogens is 1. The van der Waals surface area contributed by atoms with Crippen LogP contribution in [0, 0.1) is 5.82 Å². The third kappa shape index (κ3) is 3.28. The van der Waals surface area contributed by atoms with Crippen LogP contribution in [0.15, 0.2) is 30.5 Å². The predicted molar refractivity (Wildman–Crippen MR) is 80.9 cm³/mol. The summed E-state index contributed by atoms with van der Waals surface area (Å²) in [6, 6.07) is 6.61. The van der Waals surface area contributed by atoms with Crippen molar-refractivity contribution in [3.05, 3.63) is 41.2 Å². The average molecular weight is 305 g/mol. The summed E-state index contributed by atoms with van der Waals surface area (Å²) in [5.74, 6) is -0.459. The lowest BCUT2D eigenvalue weighted by Gasteiger charge is -2.23. The quantitative estimate of drug-likeness (QED) is 0.916. The molecule has 1 fully saturated rings. The topological polar surface area (TPSA) is 54.0 Å². The number of piperidine rings is 1. The third-order valence-electron chi connectivity index (χ3n) is 3.47. The Kier molecular flexibility index (Phi) is 4.26. The third-order valence-corrected chi connectivity index (χ3v) is 4.50. The van der Waals surface area contributed by atoms with Crippen molar-refractivity contribution >= 4 is 17.2 Å². The number of benzene rings is 1. The molecular formula is C15H16FN3OS. The van der Waals surface area contributed by atoms with Crippen LogP contribution in [0.1, 0.15) is 22.5 Å². The zero-order valence-electron chi connectivity index (χ0n) is 11.4. The first-order chi connectivity index (χ1) is 10.2. The number of hydrogen-bond acceptors (Lipinski definition) is 4. The number of amides is 1. The van der Waals surface area contributed by atoms with Crippen molar-refractivity contribution in [3.63, 3.8) is 0 Å². The molecule has 1 amide bonds. The van der Waals surface area contributed by atoms with E-state index in [1.807, 2.05) is 0 Å². The van der Waals surface area contributed by atoms with Crippen LogP contribution in [0.3, 0.4) is 0 Å². The van der Waals surface area contributed by atoms with E-state index in [1.54, 1.807) is 18.2 Å². The maximum atomic E-state index is 13.7. The number of nitrogens with one attached hydrogen (secondary N) is 2. The average Bonchev–Trinajstić information content (AvgIpc) is 2.98. The summed E-state index contributed by atoms with van der Waals surface area (Å²) in [5.41, 5.74) is 0.431. The highest BCUT2D eigenvalue weighted by atomic mass is 32.1. The minimum Gasteiger partial charge on any atom is -0.347 e. The zero-order chi connectivity index (χ0) is 14.7. The lowest BCUT2D eigenvalue weighted by Crippen LogP contribution is -2.45. The molecule has 0 spiro atoms. The number of hydrogen-bond donors (Lipinski definition) is 2. The van der Waals surface area contributed by atoms with Crippen LogP contribution in [0.25, 0.3) is 10.6 Å². The van der Waals surface area contributed by atoms with Gasteiger partial charge in [0.2, 0.25) is 0 Å². The Morgan fingerprint density at radius 3 is 3.05 bits per heavy atom. The second kappa shape index (κ2) is 6.32. The Morgan fingerprint density at radius 1 is 1.43 bits per heavy atom. The Morgan fingerprint density at radius 2 is 2.29 bits per heavy atom. The number of carbonyl (C=O) groups is 1. The van der Waals surface area contributed by atoms with Gasteiger partial charge in [-0.25, -0.2) is 9.37 Å². The number of nitrogens with zero attached hydrogens (tertiary/aromatic N) is 1. The summed E-state index contributed by atoms with van der Waals surface area (Å²) in [6.07, 6.45) is 3.56. The first kappa shape index (κ1) is 14.2. The minimum atomic E-state index is -0.324. The van der Waals surface area contributed by atoms with E-state index in [-0.39, 0.29) is 17.8 Å². The van der Waals surface area contributed by atoms with Gasteiger partial charge in [-0.2, -0.15) is 0 Å². The van der Waals surface area contributed by atoms with Crippen molar-refractivity contribution in [3.8, 4) is 10.6 Å². The van der Waals surface area contributed by atoms with Crippen molar-refractivity contribution in [2.45, 2.75) is 18.9 Å². The van der Waals surface area contributed by atoms with Gasteiger partial charge in [0.05, 0.1) is 6.20 Å². The molecule has 2 N–H and O–H groups in total. The molecule has 0 saturated carbocycles. The van der Waals surface area contributed by atoms with Gasteiger partial charge in [0, 0.05) is 18.2 Å². The van der Waals surface area contributed by atoms with Gasteiger partial charge in [-0.15, -0.1) is 11.3 Å². The van der Waals surface area contributed by atoms with Crippen molar-refractivity contribution in [2.24, 2.45) is 0 Å². The first-order valence-corrected chi connectivity index (χ1v) is 7.78. The van der Waals surface area contributed by atoms with Crippen LogP contribution in [0.4, 0.5) is 4.39 Å². The molecule has 21 heavy (non-hydrogen) atoms. The molecule has 1 aliphatic heterocycles. The van der Waals surface area contributed by atoms with Crippen LogP contribution >= 0.6 is 11.3 Å². The highest BCUT2D eigenvalue weighted by molar-refractivity contribution is 7.16. The van der Waals surface area contributed by atoms with Crippen LogP contribution in [-0.2, 0) is 0 Å². The van der Waals surface area contributed by atoms with Crippen LogP contribution in [-0.4, -0.2) is 30.0 Å². The van der Waals surface area contributed by atoms with Crippen molar-refractivity contribution in [2.75, 3.05) is 13.1 Å². The van der Waals surface area contributed by atoms with Crippen LogP contribution < -0.4 is 10.6 Å². The molecule has 1 unspecified atom stereocenters. The zero-order valence-corrected chi connectivity index (χ0v) is 12.3. The van der Waals surface area contributed by atoms with E-state index >= 15 is 0 Å². The van der Waals surface area contributed by atoms with E-state index in [2.05, 4.69) is 15.6 Å². The second-order valence-electron chi connectivity index (χ2n) is 5.03. The smallest absolute Gasteiger partial charge is 0.263 e. The number of carbonyl (C=O) groups excluding carboxylic acids is 1. The predicted octanol–water partition coefficient (Wildman–Crippen LogP) is 2.43. The summed E-state index contributed by atoms with van der Waals surface area (Å²) in [5, 5.41) is 6.77. The first-order valence-electron chi connectivity index (χ1n) is 6.96. The fourth-order valence-electron chi connectivity index (χ4n) is 2.37. The molecule has 0 aliphatic carbocycles. The van der Waals surface area contributed by atoms with E-state index in [1.165, 1.54) is 23.6 Å². The van der Waals surface area contributed by atoms with Crippen LogP contribution in [0.5, 0.6) is 0 Å². The molecule has 1 aromatic carbocycles. The molecule has 0 bridgehead atoms. The normalized spacial score (nSPS) is 18.4. The Hall–Kier alpha value is -1.79. The van der Waals surface area contributed by atoms with Crippen molar-refractivity contribution in [1.82, 2.24) is 15.6 Å². The summed E-state index contributed by atoms with van der Waals surface area (Å²) < 4.78 is 13.7. The molecular weight excluding hydrogens is 289 g/mol. The summed E-state index contributed by atoms with van der Waals surface area (Å²) in [6.45, 7) is 1.80. The van der Waals surface area contributed by atoms with Gasteiger partial charge >= 0.3 is 0 Å². The summed E-state index contributed by atoms with van der Waals surface area (Å²) >= 11 is 1.21. The number of aromatic nitrogens is 1. The van der Waals surface area contributed by atoms with Gasteiger partial charge in [-0.1, -0.05) is 12.1 Å². The van der Waals surface area contributed by atoms with Gasteiger partial charge in [0.25, 0.3) is 5.91 Å². The van der Waals surface area contributed by atoms with E-state index in [9.17, 15) is 9.18 Å². The Balaban J connectivity index is 1.72. The summed E-state index contributed by atoms with van der Waals surface area (Å²) in [4.78, 5) is 16.9. The molecule has 6 heteroatoms. The van der Waals surface area contributed by atoms with Gasteiger partial charge < -0.3 is 10.6 Å². The molecule has 2 heterocycles. The SMILES string of the molecule is O=C(NC1CCCNC1)c1cnc(-c2ccccc2F)s1. The lowest BCUT2D eigenvalue weighted by molar-refractivity contribution is 0.0934. The highest BCUT2D eigenvalue weighted by Gasteiger charge is 2.18. The van der Waals surface area contributed by atoms with E-state index in [4.69, 9.17) is 0 Å². The van der Waals surface area contributed by atoms with E-state index in [0.717, 1.165) is 25.9 Å². The standard InChI is InChI=1S/C15H16FN3OS/c16-12-6-2-1-5-11(12)15-18-9-13(21-15)14(20)19-10-4-3-7-17-8-10/h1-2,5-6,9-10,17H,3-4,7-8H2,(H,19,20). The Labute approximate surface area is 126 Å². The molecule has 4 nitrogen and oxygen atoms in total. The van der Waals surface area contributed by atoms with E-state index in [0.29, 0.717) is 15.4 Å². The maximum Gasteiger partial charge on any atom is 0.263 e. The molecule has 3 rings (SSSR count). The molecule has 110 valence electrons. The maximum absolute atomic E-state index is 13.7. The summed E-state index contributed by atoms with van der Waals surface area (Å²) in [7, 11) is 0. The van der Waals surface area contributed by atoms with Crippen LogP contribution in [0.2, 0.25) is 0 Å². The Bertz CT molecular complexity index is 637. The van der Waals surface area contributed by atoms with E-state index < -0.39 is 0 Å². The van der Waals surface area contributed by atoms with Crippen molar-refractivity contribution < 1.29 is 9.18 Å². The molecule has 1 aromatic heterocycles. The fraction of sp³-hybridized carbons (Fsp3) is 0.333. The molecule has 1 aliphatic rings. The van der Waals surface area contributed by atoms with Gasteiger partial charge in [0.15, 0.2) is 0 Å². The van der Waals surface area contributed by atoms with Crippen molar-refractivity contribution in [1.29, 1.82) is 0 Å². The molecule has 1 atom stereocenters. The van der Waals surface area contributed by atoms with Gasteiger partial charge in [0.1, 0.15) is 15.7 Å². The highest BCUT2D eigenvalue weighted by Crippen LogP contribution is 2.27.